The van der Waals surface area contributed by atoms with Gasteiger partial charge in [-0.25, -0.2) is 4.98 Å². The summed E-state index contributed by atoms with van der Waals surface area (Å²) < 4.78 is 27.0. The quantitative estimate of drug-likeness (QED) is 0.774. The van der Waals surface area contributed by atoms with E-state index >= 15 is 0 Å². The maximum Gasteiger partial charge on any atom is 0.319 e. The van der Waals surface area contributed by atoms with E-state index < -0.39 is 6.55 Å². The van der Waals surface area contributed by atoms with Gasteiger partial charge in [0.05, 0.1) is 6.54 Å². The van der Waals surface area contributed by atoms with Crippen LogP contribution in [0.15, 0.2) is 36.7 Å². The highest BCUT2D eigenvalue weighted by molar-refractivity contribution is 5.31. The molecule has 0 bridgehead atoms. The number of imidazole rings is 1. The second-order valence-electron chi connectivity index (χ2n) is 7.30. The van der Waals surface area contributed by atoms with Crippen molar-refractivity contribution in [3.05, 3.63) is 53.6 Å². The summed E-state index contributed by atoms with van der Waals surface area (Å²) in [5.41, 5.74) is 2.99. The van der Waals surface area contributed by atoms with Crippen LogP contribution in [0, 0.1) is 0 Å². The summed E-state index contributed by atoms with van der Waals surface area (Å²) >= 11 is 0. The van der Waals surface area contributed by atoms with Gasteiger partial charge in [0.1, 0.15) is 5.82 Å². The van der Waals surface area contributed by atoms with E-state index in [1.54, 1.807) is 0 Å². The topological polar surface area (TPSA) is 24.3 Å². The fourth-order valence-electron chi connectivity index (χ4n) is 4.35. The number of piperazine rings is 1. The molecule has 2 heterocycles. The molecule has 0 radical (unpaired) electrons. The lowest BCUT2D eigenvalue weighted by Crippen LogP contribution is -2.47. The lowest BCUT2D eigenvalue weighted by atomic mass is 9.97. The Bertz CT molecular complexity index is 722. The zero-order chi connectivity index (χ0) is 17.9. The molecule has 1 aromatic heterocycles. The van der Waals surface area contributed by atoms with Crippen LogP contribution in [-0.4, -0.2) is 45.5 Å². The molecule has 0 unspecified atom stereocenters. The summed E-state index contributed by atoms with van der Waals surface area (Å²) in [5, 5.41) is 0. The third kappa shape index (κ3) is 3.67. The first kappa shape index (κ1) is 17.6. The molecule has 6 heteroatoms. The molecule has 1 aliphatic heterocycles. The number of rotatable bonds is 4. The lowest BCUT2D eigenvalue weighted by molar-refractivity contribution is 0.0565. The summed E-state index contributed by atoms with van der Waals surface area (Å²) in [6, 6.07) is 9.35. The largest absolute Gasteiger partial charge is 0.319 e. The standard InChI is InChI=1S/C20H26F2N4/c21-20(22)26-10-9-23-19(26)15-24-11-13-25(14-12-24)18-8-4-2-6-16-5-1-3-7-17(16)18/h1,3,5,7,9-10,18,20H,2,4,6,8,11-15H2/t18-/m0/s1. The number of fused-ring (bicyclic) bond motifs is 1. The van der Waals surface area contributed by atoms with Gasteiger partial charge in [0.25, 0.3) is 0 Å². The Balaban J connectivity index is 1.40. The number of halogens is 2. The van der Waals surface area contributed by atoms with Crippen LogP contribution >= 0.6 is 0 Å². The van der Waals surface area contributed by atoms with Crippen LogP contribution in [0.3, 0.4) is 0 Å². The Morgan fingerprint density at radius 2 is 1.88 bits per heavy atom. The molecule has 2 aromatic rings. The van der Waals surface area contributed by atoms with Crippen molar-refractivity contribution in [2.75, 3.05) is 26.2 Å². The monoisotopic (exact) mass is 360 g/mol. The van der Waals surface area contributed by atoms with E-state index in [0.717, 1.165) is 30.7 Å². The Hall–Kier alpha value is -1.79. The van der Waals surface area contributed by atoms with Gasteiger partial charge in [0, 0.05) is 44.6 Å². The smallest absolute Gasteiger partial charge is 0.294 e. The molecule has 4 nitrogen and oxygen atoms in total. The molecule has 140 valence electrons. The molecule has 1 fully saturated rings. The maximum absolute atomic E-state index is 13.0. The molecule has 26 heavy (non-hydrogen) atoms. The zero-order valence-electron chi connectivity index (χ0n) is 15.0. The molecular weight excluding hydrogens is 334 g/mol. The highest BCUT2D eigenvalue weighted by Crippen LogP contribution is 2.33. The average molecular weight is 360 g/mol. The SMILES string of the molecule is FC(F)n1ccnc1CN1CCN([C@H]2CCCCc3ccccc32)CC1. The predicted octanol–water partition coefficient (Wildman–Crippen LogP) is 3.86. The Kier molecular flexibility index (Phi) is 5.31. The van der Waals surface area contributed by atoms with E-state index in [0.29, 0.717) is 18.4 Å². The van der Waals surface area contributed by atoms with Gasteiger partial charge >= 0.3 is 6.55 Å². The average Bonchev–Trinajstić information content (AvgIpc) is 3.01. The van der Waals surface area contributed by atoms with Gasteiger partial charge in [-0.15, -0.1) is 0 Å². The van der Waals surface area contributed by atoms with E-state index in [4.69, 9.17) is 0 Å². The second-order valence-corrected chi connectivity index (χ2v) is 7.30. The first-order chi connectivity index (χ1) is 12.7. The number of aryl methyl sites for hydroxylation is 1. The summed E-state index contributed by atoms with van der Waals surface area (Å²) in [7, 11) is 0. The minimum absolute atomic E-state index is 0.452. The first-order valence-corrected chi connectivity index (χ1v) is 9.56. The van der Waals surface area contributed by atoms with Gasteiger partial charge in [-0.1, -0.05) is 30.7 Å². The molecule has 0 saturated carbocycles. The Labute approximate surface area is 153 Å². The van der Waals surface area contributed by atoms with Crippen LogP contribution in [-0.2, 0) is 13.0 Å². The van der Waals surface area contributed by atoms with Crippen molar-refractivity contribution in [2.24, 2.45) is 0 Å². The highest BCUT2D eigenvalue weighted by Gasteiger charge is 2.28. The van der Waals surface area contributed by atoms with E-state index in [1.807, 2.05) is 0 Å². The summed E-state index contributed by atoms with van der Waals surface area (Å²) in [6.45, 7) is 1.73. The van der Waals surface area contributed by atoms with Crippen molar-refractivity contribution in [3.63, 3.8) is 0 Å². The van der Waals surface area contributed by atoms with Crippen molar-refractivity contribution in [3.8, 4) is 0 Å². The number of nitrogens with zero attached hydrogens (tertiary/aromatic N) is 4. The van der Waals surface area contributed by atoms with Crippen LogP contribution in [0.2, 0.25) is 0 Å². The number of hydrogen-bond acceptors (Lipinski definition) is 3. The molecule has 1 aliphatic carbocycles. The van der Waals surface area contributed by atoms with Crippen molar-refractivity contribution in [2.45, 2.75) is 44.8 Å². The molecule has 0 spiro atoms. The van der Waals surface area contributed by atoms with Crippen molar-refractivity contribution < 1.29 is 8.78 Å². The third-order valence-electron chi connectivity index (χ3n) is 5.76. The first-order valence-electron chi connectivity index (χ1n) is 9.56. The van der Waals surface area contributed by atoms with Gasteiger partial charge in [0.15, 0.2) is 0 Å². The fourth-order valence-corrected chi connectivity index (χ4v) is 4.35. The van der Waals surface area contributed by atoms with Gasteiger partial charge in [-0.3, -0.25) is 14.4 Å². The number of hydrogen-bond donors (Lipinski definition) is 0. The molecule has 0 N–H and O–H groups in total. The van der Waals surface area contributed by atoms with E-state index in [-0.39, 0.29) is 0 Å². The van der Waals surface area contributed by atoms with Crippen molar-refractivity contribution in [1.82, 2.24) is 19.4 Å². The minimum Gasteiger partial charge on any atom is -0.294 e. The zero-order valence-corrected chi connectivity index (χ0v) is 15.0. The van der Waals surface area contributed by atoms with Crippen molar-refractivity contribution >= 4 is 0 Å². The van der Waals surface area contributed by atoms with Gasteiger partial charge in [-0.05, 0) is 30.4 Å². The molecule has 1 saturated heterocycles. The summed E-state index contributed by atoms with van der Waals surface area (Å²) in [6.07, 6.45) is 7.75. The van der Waals surface area contributed by atoms with Crippen LogP contribution < -0.4 is 0 Å². The van der Waals surface area contributed by atoms with Gasteiger partial charge < -0.3 is 0 Å². The number of alkyl halides is 2. The molecule has 1 atom stereocenters. The Morgan fingerprint density at radius 3 is 2.69 bits per heavy atom. The van der Waals surface area contributed by atoms with Crippen LogP contribution in [0.5, 0.6) is 0 Å². The predicted molar refractivity (Wildman–Crippen MR) is 97.1 cm³/mol. The molecule has 0 amide bonds. The summed E-state index contributed by atoms with van der Waals surface area (Å²) in [5.74, 6) is 0.452. The third-order valence-corrected chi connectivity index (χ3v) is 5.76. The van der Waals surface area contributed by atoms with E-state index in [9.17, 15) is 8.78 Å². The normalized spacial score (nSPS) is 22.3. The molecule has 1 aromatic carbocycles. The highest BCUT2D eigenvalue weighted by atomic mass is 19.3. The molecule has 4 rings (SSSR count). The molecular formula is C20H26F2N4. The lowest BCUT2D eigenvalue weighted by Gasteiger charge is -2.39. The Morgan fingerprint density at radius 1 is 1.08 bits per heavy atom. The van der Waals surface area contributed by atoms with Crippen LogP contribution in [0.1, 0.15) is 48.8 Å². The molecule has 2 aliphatic rings. The maximum atomic E-state index is 13.0. The second kappa shape index (κ2) is 7.84. The van der Waals surface area contributed by atoms with E-state index in [1.165, 1.54) is 49.2 Å². The van der Waals surface area contributed by atoms with Gasteiger partial charge in [-0.2, -0.15) is 8.78 Å². The van der Waals surface area contributed by atoms with Gasteiger partial charge in [0.2, 0.25) is 0 Å². The minimum atomic E-state index is -2.52. The van der Waals surface area contributed by atoms with E-state index in [2.05, 4.69) is 39.0 Å². The van der Waals surface area contributed by atoms with Crippen molar-refractivity contribution in [1.29, 1.82) is 0 Å². The summed E-state index contributed by atoms with van der Waals surface area (Å²) in [4.78, 5) is 8.93. The van der Waals surface area contributed by atoms with Crippen LogP contribution in [0.25, 0.3) is 0 Å². The number of aromatic nitrogens is 2. The van der Waals surface area contributed by atoms with Crippen LogP contribution in [0.4, 0.5) is 8.78 Å². The fraction of sp³-hybridized carbons (Fsp3) is 0.550. The number of benzene rings is 1.